The van der Waals surface area contributed by atoms with E-state index in [2.05, 4.69) is 5.32 Å². The molecule has 2 N–H and O–H groups in total. The third-order valence-corrected chi connectivity index (χ3v) is 2.43. The van der Waals surface area contributed by atoms with Crippen LogP contribution < -0.4 is 10.1 Å². The van der Waals surface area contributed by atoms with Crippen LogP contribution in [0.2, 0.25) is 0 Å². The third-order valence-electron chi connectivity index (χ3n) is 2.43. The lowest BCUT2D eigenvalue weighted by Crippen LogP contribution is -2.38. The molecule has 1 aromatic carbocycles. The molecule has 1 amide bonds. The monoisotopic (exact) mass is 295 g/mol. The summed E-state index contributed by atoms with van der Waals surface area (Å²) in [6.45, 7) is 7.51. The molecule has 0 aliphatic heterocycles. The molecule has 6 nitrogen and oxygen atoms in total. The Morgan fingerprint density at radius 3 is 2.24 bits per heavy atom. The minimum absolute atomic E-state index is 0.441. The Morgan fingerprint density at radius 2 is 1.81 bits per heavy atom. The van der Waals surface area contributed by atoms with Crippen molar-refractivity contribution in [3.63, 3.8) is 0 Å². The molecular formula is C15H21NO5. The molecule has 0 saturated heterocycles. The van der Waals surface area contributed by atoms with Gasteiger partial charge in [-0.2, -0.15) is 0 Å². The van der Waals surface area contributed by atoms with E-state index in [-0.39, 0.29) is 0 Å². The Bertz CT molecular complexity index is 490. The molecule has 0 unspecified atom stereocenters. The molecule has 0 aliphatic rings. The second-order valence-corrected chi connectivity index (χ2v) is 5.42. The number of rotatable bonds is 5. The molecular weight excluding hydrogens is 274 g/mol. The summed E-state index contributed by atoms with van der Waals surface area (Å²) in [4.78, 5) is 23.0. The van der Waals surface area contributed by atoms with E-state index in [1.807, 2.05) is 6.92 Å². The first-order chi connectivity index (χ1) is 9.73. The standard InChI is InChI=1S/C15H21NO5/c1-5-20-11-8-6-10(7-9-11)12(13(17)18)16-14(19)21-15(2,3)4/h6-9,12H,5H2,1-4H3,(H,16,19)(H,17,18)/t12-/m1/s1. The van der Waals surface area contributed by atoms with Gasteiger partial charge in [-0.3, -0.25) is 0 Å². The molecule has 1 rings (SSSR count). The van der Waals surface area contributed by atoms with Gasteiger partial charge in [-0.1, -0.05) is 12.1 Å². The van der Waals surface area contributed by atoms with Gasteiger partial charge in [0.15, 0.2) is 6.04 Å². The van der Waals surface area contributed by atoms with Gasteiger partial charge in [0.1, 0.15) is 11.4 Å². The number of carbonyl (C=O) groups excluding carboxylic acids is 1. The summed E-state index contributed by atoms with van der Waals surface area (Å²) >= 11 is 0. The SMILES string of the molecule is CCOc1ccc([C@@H](NC(=O)OC(C)(C)C)C(=O)O)cc1. The molecule has 0 fully saturated rings. The van der Waals surface area contributed by atoms with Gasteiger partial charge >= 0.3 is 12.1 Å². The maximum atomic E-state index is 11.7. The summed E-state index contributed by atoms with van der Waals surface area (Å²) in [6, 6.07) is 5.34. The highest BCUT2D eigenvalue weighted by Gasteiger charge is 2.25. The molecule has 0 heterocycles. The molecule has 21 heavy (non-hydrogen) atoms. The zero-order valence-electron chi connectivity index (χ0n) is 12.7. The van der Waals surface area contributed by atoms with Gasteiger partial charge in [-0.25, -0.2) is 9.59 Å². The lowest BCUT2D eigenvalue weighted by atomic mass is 10.1. The van der Waals surface area contributed by atoms with Crippen molar-refractivity contribution in [1.82, 2.24) is 5.32 Å². The smallest absolute Gasteiger partial charge is 0.408 e. The van der Waals surface area contributed by atoms with E-state index >= 15 is 0 Å². The third kappa shape index (κ3) is 5.72. The lowest BCUT2D eigenvalue weighted by molar-refractivity contribution is -0.139. The fourth-order valence-corrected chi connectivity index (χ4v) is 1.64. The van der Waals surface area contributed by atoms with E-state index < -0.39 is 23.7 Å². The van der Waals surface area contributed by atoms with E-state index in [9.17, 15) is 14.7 Å². The predicted molar refractivity (Wildman–Crippen MR) is 77.4 cm³/mol. The summed E-state index contributed by atoms with van der Waals surface area (Å²) in [5, 5.41) is 11.6. The molecule has 1 atom stereocenters. The summed E-state index contributed by atoms with van der Waals surface area (Å²) in [7, 11) is 0. The molecule has 0 spiro atoms. The number of carboxylic acid groups (broad SMARTS) is 1. The number of aliphatic carboxylic acids is 1. The minimum atomic E-state index is -1.17. The number of hydrogen-bond acceptors (Lipinski definition) is 4. The van der Waals surface area contributed by atoms with Crippen LogP contribution in [0.4, 0.5) is 4.79 Å². The Morgan fingerprint density at radius 1 is 1.24 bits per heavy atom. The van der Waals surface area contributed by atoms with E-state index in [0.717, 1.165) is 0 Å². The van der Waals surface area contributed by atoms with Gasteiger partial charge in [0.05, 0.1) is 6.61 Å². The van der Waals surface area contributed by atoms with E-state index in [1.165, 1.54) is 0 Å². The summed E-state index contributed by atoms with van der Waals surface area (Å²) in [5.74, 6) is -0.521. The van der Waals surface area contributed by atoms with Gasteiger partial charge in [0.2, 0.25) is 0 Å². The van der Waals surface area contributed by atoms with Gasteiger partial charge in [-0.05, 0) is 45.4 Å². The van der Waals surface area contributed by atoms with Crippen LogP contribution in [-0.4, -0.2) is 29.4 Å². The van der Waals surface area contributed by atoms with Gasteiger partial charge < -0.3 is 19.9 Å². The largest absolute Gasteiger partial charge is 0.494 e. The molecule has 0 aromatic heterocycles. The molecule has 0 bridgehead atoms. The maximum Gasteiger partial charge on any atom is 0.408 e. The number of benzene rings is 1. The van der Waals surface area contributed by atoms with Gasteiger partial charge in [0, 0.05) is 0 Å². The highest BCUT2D eigenvalue weighted by molar-refractivity contribution is 5.81. The fraction of sp³-hybridized carbons (Fsp3) is 0.467. The Hall–Kier alpha value is -2.24. The molecule has 1 aromatic rings. The van der Waals surface area contributed by atoms with Crippen LogP contribution >= 0.6 is 0 Å². The second-order valence-electron chi connectivity index (χ2n) is 5.42. The van der Waals surface area contributed by atoms with Crippen molar-refractivity contribution in [3.8, 4) is 5.75 Å². The van der Waals surface area contributed by atoms with Crippen molar-refractivity contribution < 1.29 is 24.2 Å². The number of nitrogens with one attached hydrogen (secondary N) is 1. The van der Waals surface area contributed by atoms with Crippen molar-refractivity contribution >= 4 is 12.1 Å². The highest BCUT2D eigenvalue weighted by atomic mass is 16.6. The normalized spacial score (nSPS) is 12.4. The van der Waals surface area contributed by atoms with Crippen molar-refractivity contribution in [2.24, 2.45) is 0 Å². The molecule has 0 saturated carbocycles. The number of carboxylic acids is 1. The Kier molecular flexibility index (Phi) is 5.58. The van der Waals surface area contributed by atoms with Crippen LogP contribution in [0.3, 0.4) is 0 Å². The number of ether oxygens (including phenoxy) is 2. The first kappa shape index (κ1) is 16.8. The van der Waals surface area contributed by atoms with Crippen LogP contribution in [0, 0.1) is 0 Å². The predicted octanol–water partition coefficient (Wildman–Crippen LogP) is 2.74. The van der Waals surface area contributed by atoms with Crippen molar-refractivity contribution in [1.29, 1.82) is 0 Å². The number of alkyl carbamates (subject to hydrolysis) is 1. The Balaban J connectivity index is 2.82. The molecule has 0 radical (unpaired) electrons. The lowest BCUT2D eigenvalue weighted by Gasteiger charge is -2.22. The Labute approximate surface area is 124 Å². The maximum absolute atomic E-state index is 11.7. The number of carbonyl (C=O) groups is 2. The zero-order chi connectivity index (χ0) is 16.0. The van der Waals surface area contributed by atoms with Gasteiger partial charge in [0.25, 0.3) is 0 Å². The summed E-state index contributed by atoms with van der Waals surface area (Å²) in [5.41, 5.74) is -0.247. The first-order valence-corrected chi connectivity index (χ1v) is 6.68. The summed E-state index contributed by atoms with van der Waals surface area (Å²) < 4.78 is 10.4. The highest BCUT2D eigenvalue weighted by Crippen LogP contribution is 2.19. The van der Waals surface area contributed by atoms with Crippen molar-refractivity contribution in [2.75, 3.05) is 6.61 Å². The van der Waals surface area contributed by atoms with E-state index in [1.54, 1.807) is 45.0 Å². The molecule has 6 heteroatoms. The van der Waals surface area contributed by atoms with Crippen LogP contribution in [0.15, 0.2) is 24.3 Å². The van der Waals surface area contributed by atoms with Crippen LogP contribution in [0.1, 0.15) is 39.3 Å². The topological polar surface area (TPSA) is 84.9 Å². The van der Waals surface area contributed by atoms with Crippen LogP contribution in [0.5, 0.6) is 5.75 Å². The number of amides is 1. The molecule has 116 valence electrons. The first-order valence-electron chi connectivity index (χ1n) is 6.68. The number of hydrogen-bond donors (Lipinski definition) is 2. The zero-order valence-corrected chi connectivity index (χ0v) is 12.7. The van der Waals surface area contributed by atoms with Crippen LogP contribution in [-0.2, 0) is 9.53 Å². The molecule has 0 aliphatic carbocycles. The van der Waals surface area contributed by atoms with Crippen molar-refractivity contribution in [2.45, 2.75) is 39.3 Å². The van der Waals surface area contributed by atoms with E-state index in [0.29, 0.717) is 17.9 Å². The van der Waals surface area contributed by atoms with Crippen molar-refractivity contribution in [3.05, 3.63) is 29.8 Å². The second kappa shape index (κ2) is 6.97. The minimum Gasteiger partial charge on any atom is -0.494 e. The average Bonchev–Trinajstić information content (AvgIpc) is 2.35. The summed E-state index contributed by atoms with van der Waals surface area (Å²) in [6.07, 6.45) is -0.774. The average molecular weight is 295 g/mol. The van der Waals surface area contributed by atoms with Gasteiger partial charge in [-0.15, -0.1) is 0 Å². The quantitative estimate of drug-likeness (QED) is 0.872. The van der Waals surface area contributed by atoms with E-state index in [4.69, 9.17) is 9.47 Å². The fourth-order valence-electron chi connectivity index (χ4n) is 1.64. The van der Waals surface area contributed by atoms with Crippen LogP contribution in [0.25, 0.3) is 0 Å².